The third-order valence-corrected chi connectivity index (χ3v) is 3.96. The van der Waals surface area contributed by atoms with E-state index in [9.17, 15) is 4.79 Å². The van der Waals surface area contributed by atoms with Gasteiger partial charge in [-0.15, -0.1) is 0 Å². The Morgan fingerprint density at radius 1 is 1.12 bits per heavy atom. The minimum atomic E-state index is -0.379. The normalized spacial score (nSPS) is 11.2. The molecule has 0 bridgehead atoms. The van der Waals surface area contributed by atoms with Crippen LogP contribution in [-0.2, 0) is 9.53 Å². The molecule has 0 fully saturated rings. The molecule has 0 aromatic heterocycles. The number of benzene rings is 2. The number of ether oxygens (including phenoxy) is 2. The summed E-state index contributed by atoms with van der Waals surface area (Å²) in [5.74, 6) is 0.449. The van der Waals surface area contributed by atoms with Crippen LogP contribution < -0.4 is 4.74 Å². The lowest BCUT2D eigenvalue weighted by Gasteiger charge is -2.12. The van der Waals surface area contributed by atoms with Crippen LogP contribution in [0.25, 0.3) is 11.1 Å². The van der Waals surface area contributed by atoms with E-state index in [-0.39, 0.29) is 12.1 Å². The van der Waals surface area contributed by atoms with Gasteiger partial charge in [0.05, 0.1) is 24.3 Å². The number of carbonyl (C=O) groups excluding carboxylic acids is 1. The molecule has 0 saturated carbocycles. The Bertz CT molecular complexity index is 757. The van der Waals surface area contributed by atoms with Crippen molar-refractivity contribution in [3.8, 4) is 22.9 Å². The second kappa shape index (κ2) is 10.0. The molecule has 1 atom stereocenters. The summed E-state index contributed by atoms with van der Waals surface area (Å²) in [6.07, 6.45) is 3.71. The van der Waals surface area contributed by atoms with Crippen LogP contribution in [0, 0.1) is 11.3 Å². The van der Waals surface area contributed by atoms with E-state index in [1.54, 1.807) is 0 Å². The van der Waals surface area contributed by atoms with E-state index in [1.165, 1.54) is 6.08 Å². The van der Waals surface area contributed by atoms with Gasteiger partial charge in [-0.1, -0.05) is 30.8 Å². The van der Waals surface area contributed by atoms with Crippen LogP contribution >= 0.6 is 0 Å². The van der Waals surface area contributed by atoms with Gasteiger partial charge >= 0.3 is 5.97 Å². The summed E-state index contributed by atoms with van der Waals surface area (Å²) in [7, 11) is 0. The lowest BCUT2D eigenvalue weighted by atomic mass is 10.0. The van der Waals surface area contributed by atoms with Gasteiger partial charge in [0.1, 0.15) is 5.75 Å². The largest absolute Gasteiger partial charge is 0.494 e. The molecular formula is C22H23NO3. The van der Waals surface area contributed by atoms with Crippen LogP contribution in [0.5, 0.6) is 5.75 Å². The van der Waals surface area contributed by atoms with Crippen LogP contribution in [0.3, 0.4) is 0 Å². The average molecular weight is 349 g/mol. The summed E-state index contributed by atoms with van der Waals surface area (Å²) < 4.78 is 10.9. The molecule has 26 heavy (non-hydrogen) atoms. The van der Waals surface area contributed by atoms with Crippen molar-refractivity contribution in [1.82, 2.24) is 0 Å². The second-order valence-electron chi connectivity index (χ2n) is 6.01. The lowest BCUT2D eigenvalue weighted by Crippen LogP contribution is -2.13. The Morgan fingerprint density at radius 3 is 2.31 bits per heavy atom. The molecule has 4 heteroatoms. The summed E-state index contributed by atoms with van der Waals surface area (Å²) in [6, 6.07) is 17.5. The highest BCUT2D eigenvalue weighted by atomic mass is 16.5. The van der Waals surface area contributed by atoms with Gasteiger partial charge in [0.2, 0.25) is 0 Å². The highest BCUT2D eigenvalue weighted by Gasteiger charge is 2.06. The Labute approximate surface area is 154 Å². The molecule has 0 saturated heterocycles. The first-order valence-electron chi connectivity index (χ1n) is 8.69. The molecular weight excluding hydrogens is 326 g/mol. The fourth-order valence-electron chi connectivity index (χ4n) is 2.51. The van der Waals surface area contributed by atoms with Gasteiger partial charge in [-0.2, -0.15) is 5.26 Å². The van der Waals surface area contributed by atoms with E-state index in [4.69, 9.17) is 14.7 Å². The summed E-state index contributed by atoms with van der Waals surface area (Å²) in [5.41, 5.74) is 2.81. The van der Waals surface area contributed by atoms with Crippen molar-refractivity contribution in [1.29, 1.82) is 5.26 Å². The third kappa shape index (κ3) is 6.10. The van der Waals surface area contributed by atoms with Crippen molar-refractivity contribution >= 4 is 5.97 Å². The molecule has 2 rings (SSSR count). The van der Waals surface area contributed by atoms with Gasteiger partial charge in [0.25, 0.3) is 0 Å². The van der Waals surface area contributed by atoms with Crippen LogP contribution in [0.15, 0.2) is 61.2 Å². The zero-order valence-electron chi connectivity index (χ0n) is 15.0. The first-order valence-corrected chi connectivity index (χ1v) is 8.69. The summed E-state index contributed by atoms with van der Waals surface area (Å²) in [5, 5.41) is 8.84. The van der Waals surface area contributed by atoms with Crippen molar-refractivity contribution in [3.05, 3.63) is 66.7 Å². The summed E-state index contributed by atoms with van der Waals surface area (Å²) in [4.78, 5) is 11.1. The predicted molar refractivity (Wildman–Crippen MR) is 102 cm³/mol. The van der Waals surface area contributed by atoms with Gasteiger partial charge in [-0.05, 0) is 61.6 Å². The molecule has 2 aromatic rings. The third-order valence-electron chi connectivity index (χ3n) is 3.96. The van der Waals surface area contributed by atoms with E-state index in [1.807, 2.05) is 55.5 Å². The van der Waals surface area contributed by atoms with Gasteiger partial charge < -0.3 is 9.47 Å². The highest BCUT2D eigenvalue weighted by molar-refractivity contribution is 5.81. The first kappa shape index (κ1) is 19.3. The van der Waals surface area contributed by atoms with Crippen LogP contribution in [0.2, 0.25) is 0 Å². The smallest absolute Gasteiger partial charge is 0.330 e. The molecule has 0 heterocycles. The van der Waals surface area contributed by atoms with E-state index in [0.717, 1.165) is 36.1 Å². The number of nitriles is 1. The minimum Gasteiger partial charge on any atom is -0.494 e. The molecule has 0 unspecified atom stereocenters. The first-order chi connectivity index (χ1) is 12.6. The van der Waals surface area contributed by atoms with Gasteiger partial charge in [-0.3, -0.25) is 0 Å². The predicted octanol–water partition coefficient (Wildman–Crippen LogP) is 4.89. The highest BCUT2D eigenvalue weighted by Crippen LogP contribution is 2.23. The zero-order valence-corrected chi connectivity index (χ0v) is 15.0. The lowest BCUT2D eigenvalue weighted by molar-refractivity contribution is -0.142. The molecule has 0 aliphatic heterocycles. The van der Waals surface area contributed by atoms with E-state index in [2.05, 4.69) is 12.6 Å². The molecule has 134 valence electrons. The molecule has 0 spiro atoms. The topological polar surface area (TPSA) is 59.3 Å². The number of nitrogens with zero attached hydrogens (tertiary/aromatic N) is 1. The van der Waals surface area contributed by atoms with Gasteiger partial charge in [-0.25, -0.2) is 4.79 Å². The maximum atomic E-state index is 11.1. The van der Waals surface area contributed by atoms with Crippen molar-refractivity contribution in [2.45, 2.75) is 32.3 Å². The number of esters is 1. The summed E-state index contributed by atoms with van der Waals surface area (Å²) >= 11 is 0. The number of hydrogen-bond donors (Lipinski definition) is 0. The fraction of sp³-hybridized carbons (Fsp3) is 0.273. The maximum Gasteiger partial charge on any atom is 0.330 e. The number of carbonyl (C=O) groups is 1. The molecule has 4 nitrogen and oxygen atoms in total. The molecule has 0 N–H and O–H groups in total. The van der Waals surface area contributed by atoms with E-state index < -0.39 is 0 Å². The van der Waals surface area contributed by atoms with Crippen molar-refractivity contribution in [3.63, 3.8) is 0 Å². The van der Waals surface area contributed by atoms with Gasteiger partial charge in [0, 0.05) is 6.08 Å². The quantitative estimate of drug-likeness (QED) is 0.367. The van der Waals surface area contributed by atoms with Crippen molar-refractivity contribution in [2.24, 2.45) is 0 Å². The van der Waals surface area contributed by atoms with E-state index >= 15 is 0 Å². The van der Waals surface area contributed by atoms with Crippen LogP contribution in [-0.4, -0.2) is 18.7 Å². The molecule has 0 aliphatic carbocycles. The monoisotopic (exact) mass is 349 g/mol. The molecule has 2 aromatic carbocycles. The molecule has 0 aliphatic rings. The Hall–Kier alpha value is -3.06. The number of unbranched alkanes of at least 4 members (excludes halogenated alkanes) is 1. The maximum absolute atomic E-state index is 11.1. The standard InChI is InChI=1S/C22H23NO3/c1-3-22(24)26-17(2)6-4-5-15-25-21-13-11-20(12-14-21)19-9-7-18(16-23)8-10-19/h3,7-14,17H,1,4-6,15H2,2H3/t17-/m1/s1. The van der Waals surface area contributed by atoms with E-state index in [0.29, 0.717) is 12.2 Å². The molecule has 0 radical (unpaired) electrons. The summed E-state index contributed by atoms with van der Waals surface area (Å²) in [6.45, 7) is 5.89. The Kier molecular flexibility index (Phi) is 7.45. The van der Waals surface area contributed by atoms with Crippen molar-refractivity contribution < 1.29 is 14.3 Å². The average Bonchev–Trinajstić information content (AvgIpc) is 2.68. The van der Waals surface area contributed by atoms with Crippen LogP contribution in [0.1, 0.15) is 31.7 Å². The second-order valence-corrected chi connectivity index (χ2v) is 6.01. The fourth-order valence-corrected chi connectivity index (χ4v) is 2.51. The number of hydrogen-bond acceptors (Lipinski definition) is 4. The molecule has 0 amide bonds. The minimum absolute atomic E-state index is 0.104. The van der Waals surface area contributed by atoms with Gasteiger partial charge in [0.15, 0.2) is 0 Å². The zero-order chi connectivity index (χ0) is 18.8. The van der Waals surface area contributed by atoms with Crippen LogP contribution in [0.4, 0.5) is 0 Å². The SMILES string of the molecule is C=CC(=O)O[C@H](C)CCCCOc1ccc(-c2ccc(C#N)cc2)cc1. The Morgan fingerprint density at radius 2 is 1.73 bits per heavy atom. The number of rotatable bonds is 9. The Balaban J connectivity index is 1.73. The van der Waals surface area contributed by atoms with Crippen molar-refractivity contribution in [2.75, 3.05) is 6.61 Å².